The number of aromatic amines is 1. The highest BCUT2D eigenvalue weighted by molar-refractivity contribution is 7.18. The number of nitrogens with zero attached hydrogens (tertiary/aromatic N) is 4. The molecule has 4 rings (SSSR count). The molecule has 0 unspecified atom stereocenters. The first-order chi connectivity index (χ1) is 13.1. The Morgan fingerprint density at radius 2 is 2.30 bits per heavy atom. The van der Waals surface area contributed by atoms with E-state index in [0.717, 1.165) is 57.4 Å². The Kier molecular flexibility index (Phi) is 4.80. The Hall–Kier alpha value is -2.51. The molecule has 7 heteroatoms. The molecule has 0 aliphatic carbocycles. The van der Waals surface area contributed by atoms with Gasteiger partial charge in [-0.3, -0.25) is 19.8 Å². The highest BCUT2D eigenvalue weighted by atomic mass is 32.1. The lowest BCUT2D eigenvalue weighted by Crippen LogP contribution is -2.36. The fourth-order valence-corrected chi connectivity index (χ4v) is 4.42. The average molecular weight is 382 g/mol. The van der Waals surface area contributed by atoms with E-state index in [1.54, 1.807) is 16.0 Å². The normalized spacial score (nSPS) is 15.7. The summed E-state index contributed by atoms with van der Waals surface area (Å²) in [4.78, 5) is 24.1. The average Bonchev–Trinajstić information content (AvgIpc) is 3.19. The maximum atomic E-state index is 13.0. The summed E-state index contributed by atoms with van der Waals surface area (Å²) in [6.45, 7) is 6.32. The predicted molar refractivity (Wildman–Crippen MR) is 111 cm³/mol. The third-order valence-corrected chi connectivity index (χ3v) is 5.83. The van der Waals surface area contributed by atoms with Gasteiger partial charge in [-0.2, -0.15) is 0 Å². The number of benzene rings is 1. The Labute approximate surface area is 161 Å². The predicted octanol–water partition coefficient (Wildman–Crippen LogP) is 3.09. The second-order valence-electron chi connectivity index (χ2n) is 6.77. The van der Waals surface area contributed by atoms with Crippen LogP contribution in [0.1, 0.15) is 23.2 Å². The van der Waals surface area contributed by atoms with E-state index in [2.05, 4.69) is 20.0 Å². The molecule has 1 aliphatic heterocycles. The van der Waals surface area contributed by atoms with Crippen molar-refractivity contribution < 1.29 is 0 Å². The van der Waals surface area contributed by atoms with Crippen LogP contribution in [0.25, 0.3) is 15.9 Å². The third-order valence-electron chi connectivity index (χ3n) is 4.90. The van der Waals surface area contributed by atoms with Crippen molar-refractivity contribution in [2.24, 2.45) is 4.99 Å². The second kappa shape index (κ2) is 7.25. The molecule has 0 spiro atoms. The SMILES string of the molecule is C/C=C\C(CN1CCc2[nH]n(-c3ccc4nc(C)sc4c3)c(=O)c2C1)=NC. The van der Waals surface area contributed by atoms with Crippen LogP contribution in [-0.2, 0) is 13.0 Å². The van der Waals surface area contributed by atoms with E-state index in [9.17, 15) is 4.79 Å². The first-order valence-electron chi connectivity index (χ1n) is 9.10. The molecule has 0 bridgehead atoms. The molecule has 3 heterocycles. The summed E-state index contributed by atoms with van der Waals surface area (Å²) in [6.07, 6.45) is 4.86. The highest BCUT2D eigenvalue weighted by Crippen LogP contribution is 2.24. The van der Waals surface area contributed by atoms with E-state index in [0.29, 0.717) is 6.54 Å². The lowest BCUT2D eigenvalue weighted by Gasteiger charge is -2.25. The second-order valence-corrected chi connectivity index (χ2v) is 8.00. The van der Waals surface area contributed by atoms with Crippen LogP contribution in [0.4, 0.5) is 0 Å². The first-order valence-corrected chi connectivity index (χ1v) is 9.91. The van der Waals surface area contributed by atoms with Gasteiger partial charge >= 0.3 is 0 Å². The van der Waals surface area contributed by atoms with Gasteiger partial charge in [-0.25, -0.2) is 9.67 Å². The van der Waals surface area contributed by atoms with Crippen molar-refractivity contribution in [1.29, 1.82) is 0 Å². The number of aryl methyl sites for hydroxylation is 1. The minimum absolute atomic E-state index is 0.0382. The topological polar surface area (TPSA) is 66.3 Å². The largest absolute Gasteiger partial charge is 0.295 e. The number of hydrogen-bond donors (Lipinski definition) is 1. The van der Waals surface area contributed by atoms with E-state index >= 15 is 0 Å². The van der Waals surface area contributed by atoms with Crippen molar-refractivity contribution in [2.75, 3.05) is 20.1 Å². The number of nitrogens with one attached hydrogen (secondary N) is 1. The van der Waals surface area contributed by atoms with Crippen LogP contribution in [0, 0.1) is 6.92 Å². The smallest absolute Gasteiger partial charge is 0.275 e. The van der Waals surface area contributed by atoms with E-state index in [4.69, 9.17) is 0 Å². The molecule has 2 aromatic heterocycles. The molecule has 1 aromatic carbocycles. The molecule has 0 saturated heterocycles. The van der Waals surface area contributed by atoms with Crippen molar-refractivity contribution in [3.05, 3.63) is 57.0 Å². The van der Waals surface area contributed by atoms with Gasteiger partial charge in [-0.1, -0.05) is 6.08 Å². The van der Waals surface area contributed by atoms with Crippen LogP contribution in [-0.4, -0.2) is 45.5 Å². The standard InChI is InChI=1S/C20H23N5OS/c1-4-5-14(21-3)11-24-9-8-17-16(12-24)20(26)25(23-17)15-6-7-18-19(10-15)27-13(2)22-18/h4-7,10,23H,8-9,11-12H2,1-3H3/b5-4-,21-14?. The Balaban J connectivity index is 1.64. The number of aliphatic imine (C=N–C) groups is 1. The van der Waals surface area contributed by atoms with Gasteiger partial charge in [0.05, 0.1) is 26.5 Å². The fraction of sp³-hybridized carbons (Fsp3) is 0.350. The molecular weight excluding hydrogens is 358 g/mol. The first kappa shape index (κ1) is 17.9. The summed E-state index contributed by atoms with van der Waals surface area (Å²) in [7, 11) is 1.81. The van der Waals surface area contributed by atoms with Gasteiger partial charge in [0.15, 0.2) is 0 Å². The third kappa shape index (κ3) is 3.40. The Morgan fingerprint density at radius 3 is 3.07 bits per heavy atom. The molecule has 0 saturated carbocycles. The molecule has 3 aromatic rings. The van der Waals surface area contributed by atoms with E-state index in [1.165, 1.54) is 0 Å². The molecule has 0 radical (unpaired) electrons. The number of aromatic nitrogens is 3. The number of allylic oxidation sites excluding steroid dienone is 1. The molecular formula is C20H23N5OS. The van der Waals surface area contributed by atoms with Crippen molar-refractivity contribution in [2.45, 2.75) is 26.8 Å². The molecule has 6 nitrogen and oxygen atoms in total. The monoisotopic (exact) mass is 381 g/mol. The molecule has 0 amide bonds. The molecule has 0 atom stereocenters. The van der Waals surface area contributed by atoms with Crippen LogP contribution in [0.5, 0.6) is 0 Å². The van der Waals surface area contributed by atoms with Gasteiger partial charge < -0.3 is 0 Å². The van der Waals surface area contributed by atoms with Crippen molar-refractivity contribution >= 4 is 27.3 Å². The summed E-state index contributed by atoms with van der Waals surface area (Å²) < 4.78 is 2.77. The zero-order valence-electron chi connectivity index (χ0n) is 15.8. The number of fused-ring (bicyclic) bond motifs is 2. The van der Waals surface area contributed by atoms with Gasteiger partial charge in [0, 0.05) is 44.5 Å². The molecule has 1 aliphatic rings. The summed E-state index contributed by atoms with van der Waals surface area (Å²) in [5.74, 6) is 0. The quantitative estimate of drug-likeness (QED) is 0.706. The highest BCUT2D eigenvalue weighted by Gasteiger charge is 2.23. The number of H-pyrrole nitrogens is 1. The lowest BCUT2D eigenvalue weighted by atomic mass is 10.1. The minimum Gasteiger partial charge on any atom is -0.295 e. The maximum absolute atomic E-state index is 13.0. The van der Waals surface area contributed by atoms with E-state index < -0.39 is 0 Å². The molecule has 27 heavy (non-hydrogen) atoms. The molecule has 140 valence electrons. The Morgan fingerprint density at radius 1 is 1.44 bits per heavy atom. The summed E-state index contributed by atoms with van der Waals surface area (Å²) in [5, 5.41) is 4.35. The van der Waals surface area contributed by atoms with Crippen LogP contribution in [0.3, 0.4) is 0 Å². The zero-order valence-corrected chi connectivity index (χ0v) is 16.6. The van der Waals surface area contributed by atoms with E-state index in [-0.39, 0.29) is 5.56 Å². The summed E-state index contributed by atoms with van der Waals surface area (Å²) in [6, 6.07) is 5.97. The summed E-state index contributed by atoms with van der Waals surface area (Å²) >= 11 is 1.65. The number of rotatable bonds is 4. The van der Waals surface area contributed by atoms with Gasteiger partial charge in [-0.05, 0) is 38.1 Å². The maximum Gasteiger partial charge on any atom is 0.275 e. The number of hydrogen-bond acceptors (Lipinski definition) is 5. The van der Waals surface area contributed by atoms with E-state index in [1.807, 2.05) is 51.2 Å². The van der Waals surface area contributed by atoms with Gasteiger partial charge in [0.25, 0.3) is 5.56 Å². The van der Waals surface area contributed by atoms with Crippen LogP contribution in [0.15, 0.2) is 40.1 Å². The van der Waals surface area contributed by atoms with Gasteiger partial charge in [-0.15, -0.1) is 11.3 Å². The van der Waals surface area contributed by atoms with Gasteiger partial charge in [0.1, 0.15) is 0 Å². The molecule has 0 fully saturated rings. The van der Waals surface area contributed by atoms with Crippen LogP contribution >= 0.6 is 11.3 Å². The van der Waals surface area contributed by atoms with Crippen LogP contribution < -0.4 is 5.56 Å². The van der Waals surface area contributed by atoms with Crippen molar-refractivity contribution in [3.8, 4) is 5.69 Å². The lowest BCUT2D eigenvalue weighted by molar-refractivity contribution is 0.288. The van der Waals surface area contributed by atoms with Gasteiger partial charge in [0.2, 0.25) is 0 Å². The zero-order chi connectivity index (χ0) is 19.0. The Bertz CT molecular complexity index is 1100. The fourth-order valence-electron chi connectivity index (χ4n) is 3.56. The van der Waals surface area contributed by atoms with Crippen molar-refractivity contribution in [3.63, 3.8) is 0 Å². The molecule has 1 N–H and O–H groups in total. The van der Waals surface area contributed by atoms with Crippen molar-refractivity contribution in [1.82, 2.24) is 19.7 Å². The minimum atomic E-state index is 0.0382. The number of thiazole rings is 1. The van der Waals surface area contributed by atoms with Crippen LogP contribution in [0.2, 0.25) is 0 Å². The summed E-state index contributed by atoms with van der Waals surface area (Å²) in [5.41, 5.74) is 4.81.